The Kier molecular flexibility index (Phi) is 7.39. The average molecular weight is 450 g/mol. The van der Waals surface area contributed by atoms with Gasteiger partial charge in [-0.15, -0.1) is 0 Å². The first-order valence-electron chi connectivity index (χ1n) is 10.3. The monoisotopic (exact) mass is 449 g/mol. The Morgan fingerprint density at radius 3 is 2.30 bits per heavy atom. The largest absolute Gasteiger partial charge is 0.371 e. The van der Waals surface area contributed by atoms with Crippen molar-refractivity contribution in [3.8, 4) is 0 Å². The second kappa shape index (κ2) is 9.81. The summed E-state index contributed by atoms with van der Waals surface area (Å²) in [5, 5.41) is 3.63. The van der Waals surface area contributed by atoms with Crippen molar-refractivity contribution in [1.82, 2.24) is 4.31 Å². The van der Waals surface area contributed by atoms with Crippen molar-refractivity contribution < 1.29 is 13.2 Å². The van der Waals surface area contributed by atoms with Crippen LogP contribution in [0.5, 0.6) is 0 Å². The number of carbonyl (C=O) groups is 1. The molecule has 0 unspecified atom stereocenters. The van der Waals surface area contributed by atoms with E-state index in [4.69, 9.17) is 11.6 Å². The third-order valence-corrected chi connectivity index (χ3v) is 7.80. The molecule has 162 valence electrons. The van der Waals surface area contributed by atoms with Crippen LogP contribution in [0.4, 0.5) is 11.4 Å². The molecule has 2 aromatic carbocycles. The van der Waals surface area contributed by atoms with E-state index in [1.807, 2.05) is 38.1 Å². The predicted molar refractivity (Wildman–Crippen MR) is 122 cm³/mol. The van der Waals surface area contributed by atoms with Crippen LogP contribution in [-0.2, 0) is 14.8 Å². The van der Waals surface area contributed by atoms with Crippen LogP contribution in [0.15, 0.2) is 53.4 Å². The highest BCUT2D eigenvalue weighted by Crippen LogP contribution is 2.26. The molecule has 1 aliphatic rings. The van der Waals surface area contributed by atoms with Crippen molar-refractivity contribution in [1.29, 1.82) is 0 Å². The lowest BCUT2D eigenvalue weighted by molar-refractivity contribution is -0.120. The van der Waals surface area contributed by atoms with E-state index >= 15 is 0 Å². The van der Waals surface area contributed by atoms with E-state index in [1.165, 1.54) is 4.31 Å². The summed E-state index contributed by atoms with van der Waals surface area (Å²) in [4.78, 5) is 15.1. The smallest absolute Gasteiger partial charge is 0.243 e. The highest BCUT2D eigenvalue weighted by molar-refractivity contribution is 7.89. The quantitative estimate of drug-likeness (QED) is 0.686. The number of benzene rings is 2. The average Bonchev–Trinajstić information content (AvgIpc) is 2.75. The Morgan fingerprint density at radius 2 is 1.73 bits per heavy atom. The Labute approximate surface area is 183 Å². The second-order valence-electron chi connectivity index (χ2n) is 7.34. The summed E-state index contributed by atoms with van der Waals surface area (Å²) in [6.07, 6.45) is 1.51. The maximum Gasteiger partial charge on any atom is 0.243 e. The van der Waals surface area contributed by atoms with Gasteiger partial charge >= 0.3 is 0 Å². The molecule has 30 heavy (non-hydrogen) atoms. The minimum Gasteiger partial charge on any atom is -0.371 e. The lowest BCUT2D eigenvalue weighted by Crippen LogP contribution is -2.38. The van der Waals surface area contributed by atoms with Gasteiger partial charge in [-0.1, -0.05) is 31.5 Å². The van der Waals surface area contributed by atoms with E-state index in [0.717, 1.165) is 31.6 Å². The van der Waals surface area contributed by atoms with Crippen molar-refractivity contribution in [2.45, 2.75) is 31.6 Å². The number of anilines is 2. The molecule has 0 saturated carbocycles. The number of hydrogen-bond acceptors (Lipinski definition) is 4. The molecule has 1 fully saturated rings. The molecule has 0 aliphatic carbocycles. The van der Waals surface area contributed by atoms with Crippen molar-refractivity contribution in [3.63, 3.8) is 0 Å². The fourth-order valence-electron chi connectivity index (χ4n) is 3.74. The SMILES string of the molecule is CCN(CC)S(=O)(=O)c1ccc(NC(=O)C2CCN(c3cccc(Cl)c3)CC2)cc1. The number of rotatable bonds is 7. The third-order valence-electron chi connectivity index (χ3n) is 5.50. The van der Waals surface area contributed by atoms with E-state index < -0.39 is 10.0 Å². The summed E-state index contributed by atoms with van der Waals surface area (Å²) in [6, 6.07) is 14.1. The van der Waals surface area contributed by atoms with Crippen LogP contribution in [0.3, 0.4) is 0 Å². The van der Waals surface area contributed by atoms with E-state index in [-0.39, 0.29) is 16.7 Å². The van der Waals surface area contributed by atoms with Gasteiger partial charge in [0.2, 0.25) is 15.9 Å². The Balaban J connectivity index is 1.58. The molecule has 2 aromatic rings. The van der Waals surface area contributed by atoms with Crippen molar-refractivity contribution in [2.75, 3.05) is 36.4 Å². The molecule has 8 heteroatoms. The zero-order valence-electron chi connectivity index (χ0n) is 17.3. The fraction of sp³-hybridized carbons (Fsp3) is 0.409. The van der Waals surface area contributed by atoms with Crippen LogP contribution >= 0.6 is 11.6 Å². The summed E-state index contributed by atoms with van der Waals surface area (Å²) in [5.74, 6) is -0.0976. The van der Waals surface area contributed by atoms with Crippen LogP contribution in [0.25, 0.3) is 0 Å². The molecule has 0 spiro atoms. The first-order chi connectivity index (χ1) is 14.3. The summed E-state index contributed by atoms with van der Waals surface area (Å²) >= 11 is 6.08. The summed E-state index contributed by atoms with van der Waals surface area (Å²) in [7, 11) is -3.50. The van der Waals surface area contributed by atoms with E-state index in [1.54, 1.807) is 24.3 Å². The molecule has 0 bridgehead atoms. The number of piperidine rings is 1. The molecular weight excluding hydrogens is 422 g/mol. The lowest BCUT2D eigenvalue weighted by atomic mass is 9.95. The molecule has 3 rings (SSSR count). The molecule has 0 aromatic heterocycles. The van der Waals surface area contributed by atoms with Gasteiger partial charge in [0, 0.05) is 48.5 Å². The number of nitrogens with zero attached hydrogens (tertiary/aromatic N) is 2. The standard InChI is InChI=1S/C22H28ClN3O3S/c1-3-26(4-2)30(28,29)21-10-8-19(9-11-21)24-22(27)17-12-14-25(15-13-17)20-7-5-6-18(23)16-20/h5-11,16-17H,3-4,12-15H2,1-2H3,(H,24,27). The molecule has 1 saturated heterocycles. The minimum absolute atomic E-state index is 0.0277. The van der Waals surface area contributed by atoms with Crippen LogP contribution in [0, 0.1) is 5.92 Å². The van der Waals surface area contributed by atoms with Gasteiger partial charge in [0.1, 0.15) is 0 Å². The van der Waals surface area contributed by atoms with E-state index in [9.17, 15) is 13.2 Å². The van der Waals surface area contributed by atoms with Gasteiger partial charge in [-0.05, 0) is 55.3 Å². The van der Waals surface area contributed by atoms with Gasteiger partial charge in [-0.25, -0.2) is 8.42 Å². The molecule has 6 nitrogen and oxygen atoms in total. The van der Waals surface area contributed by atoms with E-state index in [0.29, 0.717) is 23.8 Å². The van der Waals surface area contributed by atoms with Crippen LogP contribution in [0.1, 0.15) is 26.7 Å². The number of sulfonamides is 1. The molecule has 1 aliphatic heterocycles. The molecular formula is C22H28ClN3O3S. The predicted octanol–water partition coefficient (Wildman–Crippen LogP) is 4.23. The van der Waals surface area contributed by atoms with Gasteiger partial charge in [0.05, 0.1) is 4.90 Å². The first-order valence-corrected chi connectivity index (χ1v) is 12.1. The highest BCUT2D eigenvalue weighted by Gasteiger charge is 2.26. The molecule has 0 atom stereocenters. The highest BCUT2D eigenvalue weighted by atomic mass is 35.5. The van der Waals surface area contributed by atoms with Crippen molar-refractivity contribution in [2.24, 2.45) is 5.92 Å². The summed E-state index contributed by atoms with van der Waals surface area (Å²) in [6.45, 7) is 6.05. The number of amides is 1. The number of carbonyl (C=O) groups excluding carboxylic acids is 1. The third kappa shape index (κ3) is 5.14. The minimum atomic E-state index is -3.50. The maximum atomic E-state index is 12.7. The molecule has 1 heterocycles. The van der Waals surface area contributed by atoms with Gasteiger partial charge in [0.15, 0.2) is 0 Å². The zero-order chi connectivity index (χ0) is 21.7. The second-order valence-corrected chi connectivity index (χ2v) is 9.72. The summed E-state index contributed by atoms with van der Waals surface area (Å²) < 4.78 is 26.6. The zero-order valence-corrected chi connectivity index (χ0v) is 18.9. The Morgan fingerprint density at radius 1 is 1.10 bits per heavy atom. The normalized spacial score (nSPS) is 15.4. The Hall–Kier alpha value is -2.09. The van der Waals surface area contributed by atoms with Gasteiger partial charge in [0.25, 0.3) is 0 Å². The number of hydrogen-bond donors (Lipinski definition) is 1. The van der Waals surface area contributed by atoms with Crippen LogP contribution < -0.4 is 10.2 Å². The summed E-state index contributed by atoms with van der Waals surface area (Å²) in [5.41, 5.74) is 1.68. The van der Waals surface area contributed by atoms with Gasteiger partial charge in [-0.3, -0.25) is 4.79 Å². The molecule has 1 amide bonds. The first kappa shape index (κ1) is 22.6. The van der Waals surface area contributed by atoms with Gasteiger partial charge < -0.3 is 10.2 Å². The molecule has 0 radical (unpaired) electrons. The van der Waals surface area contributed by atoms with Crippen LogP contribution in [-0.4, -0.2) is 44.8 Å². The molecule has 1 N–H and O–H groups in total. The van der Waals surface area contributed by atoms with E-state index in [2.05, 4.69) is 10.2 Å². The van der Waals surface area contributed by atoms with Crippen molar-refractivity contribution in [3.05, 3.63) is 53.6 Å². The fourth-order valence-corrected chi connectivity index (χ4v) is 5.38. The maximum absolute atomic E-state index is 12.7. The topological polar surface area (TPSA) is 69.7 Å². The Bertz CT molecular complexity index is 967. The van der Waals surface area contributed by atoms with Gasteiger partial charge in [-0.2, -0.15) is 4.31 Å². The van der Waals surface area contributed by atoms with Crippen LogP contribution in [0.2, 0.25) is 5.02 Å². The number of nitrogens with one attached hydrogen (secondary N) is 1. The number of halogens is 1. The van der Waals surface area contributed by atoms with Crippen molar-refractivity contribution >= 4 is 38.9 Å². The lowest BCUT2D eigenvalue weighted by Gasteiger charge is -2.33.